The molecule has 0 fully saturated rings. The lowest BCUT2D eigenvalue weighted by atomic mass is 10.0. The van der Waals surface area contributed by atoms with Gasteiger partial charge in [0, 0.05) is 19.4 Å². The maximum atomic E-state index is 12.8. The van der Waals surface area contributed by atoms with E-state index >= 15 is 0 Å². The summed E-state index contributed by atoms with van der Waals surface area (Å²) in [5.41, 5.74) is 5.41. The summed E-state index contributed by atoms with van der Waals surface area (Å²) >= 11 is 0. The van der Waals surface area contributed by atoms with Crippen molar-refractivity contribution in [2.45, 2.75) is 341 Å². The zero-order valence-electron chi connectivity index (χ0n) is 61.1. The molecule has 10 heteroatoms. The van der Waals surface area contributed by atoms with E-state index < -0.39 is 26.5 Å². The largest absolute Gasteiger partial charge is 0.472 e. The van der Waals surface area contributed by atoms with Gasteiger partial charge >= 0.3 is 19.8 Å². The number of carbonyl (C=O) groups excluding carboxylic acids is 2. The number of esters is 2. The first-order chi connectivity index (χ1) is 46.8. The van der Waals surface area contributed by atoms with Crippen molar-refractivity contribution >= 4 is 19.8 Å². The van der Waals surface area contributed by atoms with Crippen LogP contribution < -0.4 is 5.73 Å². The van der Waals surface area contributed by atoms with E-state index in [2.05, 4.69) is 172 Å². The monoisotopic (exact) mass is 1340 g/mol. The second-order valence-corrected chi connectivity index (χ2v) is 26.9. The van der Waals surface area contributed by atoms with Crippen LogP contribution in [0.1, 0.15) is 335 Å². The van der Waals surface area contributed by atoms with E-state index in [4.69, 9.17) is 24.3 Å². The summed E-state index contributed by atoms with van der Waals surface area (Å²) in [5.74, 6) is -0.856. The first-order valence-corrected chi connectivity index (χ1v) is 40.5. The van der Waals surface area contributed by atoms with E-state index in [0.29, 0.717) is 6.42 Å². The molecular formula is C85H144NO8P. The van der Waals surface area contributed by atoms with Gasteiger partial charge in [0.1, 0.15) is 6.61 Å². The standard InChI is InChI=1S/C85H144NO8P/c1-3-5-7-9-11-13-15-17-19-21-23-25-27-29-31-33-35-37-39-40-41-42-44-45-47-49-51-53-55-57-59-61-63-65-67-69-71-73-75-77-84(87)91-81-83(82-93-95(89,90)92-80-79-86)94-85(88)78-76-74-72-70-68-66-64-62-60-58-56-54-52-50-48-46-43-38-36-34-32-30-28-26-24-22-20-18-16-14-12-10-8-6-4-2/h6,8,12,14-15,17-18,20-21,23-24,26-27,29-30,32,36,38,46,48,52,54,58,60,64,66,83H,3-5,7,9-11,13,16,19,22,25,28,31,33-35,37,39-45,47,49-51,53,55-57,59,61-63,65,67-82,86H2,1-2H3,(H,89,90)/b8-6-,14-12-,17-15-,20-18-,23-21-,26-24-,29-27-,32-30-,38-36-,48-46-,54-52-,60-58-,66-64-. The number of phosphoric ester groups is 1. The van der Waals surface area contributed by atoms with Crippen LogP contribution in [-0.4, -0.2) is 49.3 Å². The van der Waals surface area contributed by atoms with Crippen LogP contribution in [0.5, 0.6) is 0 Å². The highest BCUT2D eigenvalue weighted by Crippen LogP contribution is 2.43. The van der Waals surface area contributed by atoms with Crippen LogP contribution in [0.3, 0.4) is 0 Å². The van der Waals surface area contributed by atoms with Gasteiger partial charge in [0.2, 0.25) is 0 Å². The van der Waals surface area contributed by atoms with Crippen molar-refractivity contribution in [1.29, 1.82) is 0 Å². The highest BCUT2D eigenvalue weighted by molar-refractivity contribution is 7.47. The quantitative estimate of drug-likeness (QED) is 0.0264. The van der Waals surface area contributed by atoms with Gasteiger partial charge in [-0.15, -0.1) is 0 Å². The number of nitrogens with two attached hydrogens (primary N) is 1. The van der Waals surface area contributed by atoms with Gasteiger partial charge < -0.3 is 20.1 Å². The minimum atomic E-state index is -4.41. The molecular weight excluding hydrogens is 1190 g/mol. The van der Waals surface area contributed by atoms with Crippen LogP contribution in [0.2, 0.25) is 0 Å². The Kier molecular flexibility index (Phi) is 75.0. The second kappa shape index (κ2) is 78.6. The molecule has 95 heavy (non-hydrogen) atoms. The Morgan fingerprint density at radius 2 is 0.579 bits per heavy atom. The Balaban J connectivity index is 3.90. The van der Waals surface area contributed by atoms with Crippen LogP contribution in [0.15, 0.2) is 158 Å². The normalized spacial score (nSPS) is 13.8. The van der Waals surface area contributed by atoms with Gasteiger partial charge in [-0.2, -0.15) is 0 Å². The molecule has 0 spiro atoms. The number of rotatable bonds is 72. The zero-order chi connectivity index (χ0) is 68.6. The zero-order valence-corrected chi connectivity index (χ0v) is 62.0. The Bertz CT molecular complexity index is 2120. The first kappa shape index (κ1) is 90.6. The molecule has 0 aliphatic carbocycles. The molecule has 0 rings (SSSR count). The number of ether oxygens (including phenoxy) is 2. The topological polar surface area (TPSA) is 134 Å². The number of phosphoric acid groups is 1. The second-order valence-electron chi connectivity index (χ2n) is 25.5. The summed E-state index contributed by atoms with van der Waals surface area (Å²) in [6.45, 7) is 3.60. The van der Waals surface area contributed by atoms with Crippen molar-refractivity contribution in [1.82, 2.24) is 0 Å². The average molecular weight is 1340 g/mol. The Morgan fingerprint density at radius 3 is 0.863 bits per heavy atom. The van der Waals surface area contributed by atoms with Crippen LogP contribution >= 0.6 is 7.82 Å². The molecule has 0 aliphatic rings. The Morgan fingerprint density at radius 1 is 0.326 bits per heavy atom. The van der Waals surface area contributed by atoms with Crippen molar-refractivity contribution in [3.8, 4) is 0 Å². The molecule has 9 nitrogen and oxygen atoms in total. The summed E-state index contributed by atoms with van der Waals surface area (Å²) in [6.07, 6.45) is 115. The van der Waals surface area contributed by atoms with E-state index in [-0.39, 0.29) is 38.6 Å². The van der Waals surface area contributed by atoms with Gasteiger partial charge in [-0.05, 0) is 128 Å². The van der Waals surface area contributed by atoms with Gasteiger partial charge in [0.05, 0.1) is 13.2 Å². The third kappa shape index (κ3) is 78.5. The molecule has 0 aromatic heterocycles. The van der Waals surface area contributed by atoms with Crippen LogP contribution in [0.25, 0.3) is 0 Å². The van der Waals surface area contributed by atoms with Gasteiger partial charge in [-0.3, -0.25) is 18.6 Å². The summed E-state index contributed by atoms with van der Waals surface area (Å²) in [5, 5.41) is 0. The Hall–Kier alpha value is -4.37. The summed E-state index contributed by atoms with van der Waals surface area (Å²) in [7, 11) is -4.41. The van der Waals surface area contributed by atoms with Crippen molar-refractivity contribution in [3.63, 3.8) is 0 Å². The molecule has 2 unspecified atom stereocenters. The lowest BCUT2D eigenvalue weighted by Crippen LogP contribution is -2.29. The number of allylic oxidation sites excluding steroid dienone is 26. The highest BCUT2D eigenvalue weighted by atomic mass is 31.2. The van der Waals surface area contributed by atoms with Crippen LogP contribution in [0.4, 0.5) is 0 Å². The van der Waals surface area contributed by atoms with E-state index in [1.165, 1.54) is 180 Å². The SMILES string of the molecule is CC/C=C\C/C=C\C/C=C\C/C=C\C/C=C\C/C=C\C/C=C\C/C=C\C/C=C\C/C=C\CCCCCCC(=O)OC(COC(=O)CCCCCCCCCCCCCCCCCCCCCCCCCC/C=C\C/C=C\C/C=C\CCCCCCC)COP(=O)(O)OCCN. The fraction of sp³-hybridized carbons (Fsp3) is 0.671. The maximum Gasteiger partial charge on any atom is 0.472 e. The molecule has 0 bridgehead atoms. The first-order valence-electron chi connectivity index (χ1n) is 39.0. The lowest BCUT2D eigenvalue weighted by molar-refractivity contribution is -0.161. The van der Waals surface area contributed by atoms with E-state index in [9.17, 15) is 19.0 Å². The summed E-state index contributed by atoms with van der Waals surface area (Å²) < 4.78 is 33.2. The molecule has 0 aliphatic heterocycles. The van der Waals surface area contributed by atoms with Gasteiger partial charge in [0.15, 0.2) is 6.10 Å². The lowest BCUT2D eigenvalue weighted by Gasteiger charge is -2.19. The van der Waals surface area contributed by atoms with E-state index in [0.717, 1.165) is 122 Å². The number of hydrogen-bond donors (Lipinski definition) is 2. The summed E-state index contributed by atoms with van der Waals surface area (Å²) in [6, 6.07) is 0. The number of unbranched alkanes of at least 4 members (excludes halogenated alkanes) is 33. The average Bonchev–Trinajstić information content (AvgIpc) is 3.32. The minimum absolute atomic E-state index is 0.0424. The van der Waals surface area contributed by atoms with Gasteiger partial charge in [-0.25, -0.2) is 4.57 Å². The van der Waals surface area contributed by atoms with Crippen molar-refractivity contribution < 1.29 is 37.6 Å². The minimum Gasteiger partial charge on any atom is -0.462 e. The van der Waals surface area contributed by atoms with Gasteiger partial charge in [0.25, 0.3) is 0 Å². The molecule has 0 heterocycles. The molecule has 3 N–H and O–H groups in total. The highest BCUT2D eigenvalue weighted by Gasteiger charge is 2.26. The number of hydrogen-bond acceptors (Lipinski definition) is 8. The maximum absolute atomic E-state index is 12.8. The van der Waals surface area contributed by atoms with Crippen molar-refractivity contribution in [3.05, 3.63) is 158 Å². The fourth-order valence-electron chi connectivity index (χ4n) is 10.7. The van der Waals surface area contributed by atoms with Gasteiger partial charge in [-0.1, -0.05) is 352 Å². The summed E-state index contributed by atoms with van der Waals surface area (Å²) in [4.78, 5) is 35.4. The van der Waals surface area contributed by atoms with E-state index in [1.54, 1.807) is 0 Å². The van der Waals surface area contributed by atoms with Crippen LogP contribution in [0, 0.1) is 0 Å². The molecule has 0 aromatic carbocycles. The van der Waals surface area contributed by atoms with Crippen molar-refractivity contribution in [2.75, 3.05) is 26.4 Å². The third-order valence-corrected chi connectivity index (χ3v) is 17.4. The molecule has 542 valence electrons. The predicted octanol–water partition coefficient (Wildman–Crippen LogP) is 26.3. The number of carbonyl (C=O) groups is 2. The fourth-order valence-corrected chi connectivity index (χ4v) is 11.4. The molecule has 0 amide bonds. The van der Waals surface area contributed by atoms with Crippen molar-refractivity contribution in [2.24, 2.45) is 5.73 Å². The third-order valence-electron chi connectivity index (χ3n) is 16.4. The smallest absolute Gasteiger partial charge is 0.462 e. The molecule has 0 radical (unpaired) electrons. The van der Waals surface area contributed by atoms with E-state index in [1.807, 2.05) is 0 Å². The van der Waals surface area contributed by atoms with Crippen LogP contribution in [-0.2, 0) is 32.7 Å². The molecule has 2 atom stereocenters. The molecule has 0 saturated heterocycles. The Labute approximate surface area is 585 Å². The molecule has 0 saturated carbocycles. The molecule has 0 aromatic rings. The predicted molar refractivity (Wildman–Crippen MR) is 413 cm³/mol.